The minimum atomic E-state index is -0.487. The van der Waals surface area contributed by atoms with E-state index in [1.807, 2.05) is 18.2 Å². The van der Waals surface area contributed by atoms with Crippen LogP contribution in [-0.2, 0) is 6.54 Å². The Morgan fingerprint density at radius 2 is 2.08 bits per heavy atom. The van der Waals surface area contributed by atoms with E-state index < -0.39 is 11.8 Å². The number of ether oxygens (including phenoxy) is 1. The molecule has 0 fully saturated rings. The molecule has 0 heterocycles. The first-order valence-corrected chi connectivity index (χ1v) is 7.66. The maximum Gasteiger partial charge on any atom is 0.322 e. The lowest BCUT2D eigenvalue weighted by Crippen LogP contribution is -2.36. The third-order valence-corrected chi connectivity index (χ3v) is 3.70. The maximum absolute atomic E-state index is 13.1. The number of nitrogens with zero attached hydrogens (tertiary/aromatic N) is 1. The molecule has 7 heteroatoms. The number of amides is 2. The summed E-state index contributed by atoms with van der Waals surface area (Å²) < 4.78 is 18.4. The van der Waals surface area contributed by atoms with E-state index in [1.165, 1.54) is 17.0 Å². The number of methoxy groups -OCH3 is 1. The van der Waals surface area contributed by atoms with Crippen molar-refractivity contribution in [3.8, 4) is 5.75 Å². The van der Waals surface area contributed by atoms with E-state index in [0.29, 0.717) is 11.4 Å². The highest BCUT2D eigenvalue weighted by Crippen LogP contribution is 2.24. The van der Waals surface area contributed by atoms with E-state index in [4.69, 9.17) is 16.3 Å². The number of benzene rings is 2. The van der Waals surface area contributed by atoms with Gasteiger partial charge in [0.25, 0.3) is 0 Å². The van der Waals surface area contributed by atoms with Gasteiger partial charge in [0.2, 0.25) is 0 Å². The summed E-state index contributed by atoms with van der Waals surface area (Å²) in [7, 11) is 1.55. The van der Waals surface area contributed by atoms with E-state index in [0.717, 1.165) is 11.6 Å². The van der Waals surface area contributed by atoms with Gasteiger partial charge in [-0.3, -0.25) is 0 Å². The van der Waals surface area contributed by atoms with Crippen LogP contribution in [-0.4, -0.2) is 36.3 Å². The molecule has 0 aliphatic rings. The molecule has 2 aromatic carbocycles. The standard InChI is InChI=1S/C17H18ClFN2O3/c1-24-16-5-3-2-4-12(16)11-21(8-9-22)17(23)20-15-7-6-13(19)10-14(15)18/h2-7,10,22H,8-9,11H2,1H3,(H,20,23). The lowest BCUT2D eigenvalue weighted by Gasteiger charge is -2.23. The Labute approximate surface area is 144 Å². The molecule has 2 N–H and O–H groups in total. The Morgan fingerprint density at radius 1 is 1.33 bits per heavy atom. The van der Waals surface area contributed by atoms with Gasteiger partial charge in [-0.25, -0.2) is 9.18 Å². The molecule has 2 aromatic rings. The summed E-state index contributed by atoms with van der Waals surface area (Å²) in [5.41, 5.74) is 1.10. The Hall–Kier alpha value is -2.31. The van der Waals surface area contributed by atoms with Crippen LogP contribution in [0.15, 0.2) is 42.5 Å². The highest BCUT2D eigenvalue weighted by Gasteiger charge is 2.17. The second-order valence-electron chi connectivity index (χ2n) is 5.01. The summed E-state index contributed by atoms with van der Waals surface area (Å²) in [5, 5.41) is 11.9. The first-order chi connectivity index (χ1) is 11.5. The van der Waals surface area contributed by atoms with Gasteiger partial charge in [-0.15, -0.1) is 0 Å². The number of rotatable bonds is 6. The summed E-state index contributed by atoms with van der Waals surface area (Å²) in [6, 6.07) is 10.5. The SMILES string of the molecule is COc1ccccc1CN(CCO)C(=O)Nc1ccc(F)cc1Cl. The molecule has 24 heavy (non-hydrogen) atoms. The van der Waals surface area contributed by atoms with E-state index in [1.54, 1.807) is 13.2 Å². The number of aliphatic hydroxyl groups excluding tert-OH is 1. The Kier molecular flexibility index (Phi) is 6.40. The first kappa shape index (κ1) is 18.0. The molecule has 128 valence electrons. The average Bonchev–Trinajstić information content (AvgIpc) is 2.57. The molecule has 5 nitrogen and oxygen atoms in total. The average molecular weight is 353 g/mol. The zero-order valence-corrected chi connectivity index (χ0v) is 13.9. The van der Waals surface area contributed by atoms with Crippen LogP contribution in [0, 0.1) is 5.82 Å². The van der Waals surface area contributed by atoms with E-state index in [9.17, 15) is 14.3 Å². The van der Waals surface area contributed by atoms with Gasteiger partial charge in [-0.05, 0) is 24.3 Å². The number of anilines is 1. The van der Waals surface area contributed by atoms with Crippen molar-refractivity contribution in [3.63, 3.8) is 0 Å². The molecule has 2 amide bonds. The number of urea groups is 1. The fourth-order valence-electron chi connectivity index (χ4n) is 2.20. The lowest BCUT2D eigenvalue weighted by atomic mass is 10.2. The molecular weight excluding hydrogens is 335 g/mol. The minimum Gasteiger partial charge on any atom is -0.496 e. The molecule has 0 atom stereocenters. The van der Waals surface area contributed by atoms with Crippen molar-refractivity contribution in [2.75, 3.05) is 25.6 Å². The van der Waals surface area contributed by atoms with Gasteiger partial charge in [0.15, 0.2) is 0 Å². The van der Waals surface area contributed by atoms with Gasteiger partial charge in [-0.2, -0.15) is 0 Å². The predicted octanol–water partition coefficient (Wildman–Crippen LogP) is 3.51. The fourth-order valence-corrected chi connectivity index (χ4v) is 2.41. The molecule has 0 unspecified atom stereocenters. The Morgan fingerprint density at radius 3 is 2.75 bits per heavy atom. The van der Waals surface area contributed by atoms with Gasteiger partial charge in [0, 0.05) is 12.1 Å². The van der Waals surface area contributed by atoms with Crippen molar-refractivity contribution < 1.29 is 19.0 Å². The topological polar surface area (TPSA) is 61.8 Å². The van der Waals surface area contributed by atoms with Crippen LogP contribution in [0.1, 0.15) is 5.56 Å². The van der Waals surface area contributed by atoms with Crippen LogP contribution in [0.4, 0.5) is 14.9 Å². The zero-order valence-electron chi connectivity index (χ0n) is 13.1. The number of halogens is 2. The van der Waals surface area contributed by atoms with Gasteiger partial charge in [-0.1, -0.05) is 29.8 Å². The largest absolute Gasteiger partial charge is 0.496 e. The van der Waals surface area contributed by atoms with Crippen LogP contribution in [0.2, 0.25) is 5.02 Å². The quantitative estimate of drug-likeness (QED) is 0.836. The second-order valence-corrected chi connectivity index (χ2v) is 5.42. The molecule has 2 rings (SSSR count). The van der Waals surface area contributed by atoms with E-state index in [-0.39, 0.29) is 24.7 Å². The van der Waals surface area contributed by atoms with Gasteiger partial charge < -0.3 is 20.1 Å². The number of carbonyl (C=O) groups is 1. The van der Waals surface area contributed by atoms with Crippen molar-refractivity contribution in [2.24, 2.45) is 0 Å². The van der Waals surface area contributed by atoms with Crippen LogP contribution < -0.4 is 10.1 Å². The van der Waals surface area contributed by atoms with Crippen LogP contribution in [0.3, 0.4) is 0 Å². The molecule has 0 saturated carbocycles. The summed E-state index contributed by atoms with van der Waals surface area (Å²) >= 11 is 5.92. The predicted molar refractivity (Wildman–Crippen MR) is 90.9 cm³/mol. The number of hydrogen-bond donors (Lipinski definition) is 2. The highest BCUT2D eigenvalue weighted by atomic mass is 35.5. The first-order valence-electron chi connectivity index (χ1n) is 7.29. The van der Waals surface area contributed by atoms with Crippen LogP contribution in [0.25, 0.3) is 0 Å². The van der Waals surface area contributed by atoms with Gasteiger partial charge in [0.1, 0.15) is 11.6 Å². The number of aliphatic hydroxyl groups is 1. The molecule has 0 bridgehead atoms. The minimum absolute atomic E-state index is 0.101. The molecular formula is C17H18ClFN2O3. The van der Waals surface area contributed by atoms with Crippen molar-refractivity contribution in [1.29, 1.82) is 0 Å². The normalized spacial score (nSPS) is 10.3. The molecule has 0 radical (unpaired) electrons. The summed E-state index contributed by atoms with van der Waals surface area (Å²) in [6.45, 7) is 0.178. The Bertz CT molecular complexity index is 712. The monoisotopic (exact) mass is 352 g/mol. The second kappa shape index (κ2) is 8.52. The summed E-state index contributed by atoms with van der Waals surface area (Å²) in [6.07, 6.45) is 0. The fraction of sp³-hybridized carbons (Fsp3) is 0.235. The third-order valence-electron chi connectivity index (χ3n) is 3.38. The van der Waals surface area contributed by atoms with Crippen LogP contribution >= 0.6 is 11.6 Å². The third kappa shape index (κ3) is 4.59. The molecule has 0 spiro atoms. The molecule has 0 aliphatic carbocycles. The number of carbonyl (C=O) groups excluding carboxylic acids is 1. The van der Waals surface area contributed by atoms with Crippen molar-refractivity contribution in [1.82, 2.24) is 4.90 Å². The van der Waals surface area contributed by atoms with Crippen LogP contribution in [0.5, 0.6) is 5.75 Å². The van der Waals surface area contributed by atoms with Gasteiger partial charge in [0.05, 0.1) is 31.0 Å². The van der Waals surface area contributed by atoms with Crippen molar-refractivity contribution in [2.45, 2.75) is 6.54 Å². The summed E-state index contributed by atoms with van der Waals surface area (Å²) in [4.78, 5) is 13.9. The van der Waals surface area contributed by atoms with E-state index in [2.05, 4.69) is 5.32 Å². The van der Waals surface area contributed by atoms with E-state index >= 15 is 0 Å². The van der Waals surface area contributed by atoms with Gasteiger partial charge >= 0.3 is 6.03 Å². The number of nitrogens with one attached hydrogen (secondary N) is 1. The smallest absolute Gasteiger partial charge is 0.322 e. The summed E-state index contributed by atoms with van der Waals surface area (Å²) in [5.74, 6) is 0.160. The van der Waals surface area contributed by atoms with Crippen molar-refractivity contribution in [3.05, 3.63) is 58.9 Å². The maximum atomic E-state index is 13.1. The Balaban J connectivity index is 2.15. The molecule has 0 aromatic heterocycles. The zero-order chi connectivity index (χ0) is 17.5. The van der Waals surface area contributed by atoms with Crippen molar-refractivity contribution >= 4 is 23.3 Å². The highest BCUT2D eigenvalue weighted by molar-refractivity contribution is 6.33. The molecule has 0 saturated heterocycles. The lowest BCUT2D eigenvalue weighted by molar-refractivity contribution is 0.184. The number of hydrogen-bond acceptors (Lipinski definition) is 3. The molecule has 0 aliphatic heterocycles. The number of para-hydroxylation sites is 1.